The molecule has 0 saturated carbocycles. The monoisotopic (exact) mass is 562 g/mol. The van der Waals surface area contributed by atoms with Crippen molar-refractivity contribution in [2.45, 2.75) is 26.1 Å². The fourth-order valence-corrected chi connectivity index (χ4v) is 5.04. The van der Waals surface area contributed by atoms with Crippen LogP contribution in [0.4, 0.5) is 17.6 Å². The Morgan fingerprint density at radius 1 is 0.976 bits per heavy atom. The molecule has 0 spiro atoms. The van der Waals surface area contributed by atoms with Gasteiger partial charge in [0.05, 0.1) is 11.8 Å². The number of aromatic nitrogens is 2. The SMILES string of the molecule is Cc1ccc(C(=O)Cc2ccc(CN3CCN(CCF)CC3)c(C(F)(F)F)c2)cc1C#Cc1cnc2ccccn12. The van der Waals surface area contributed by atoms with Gasteiger partial charge in [0.2, 0.25) is 0 Å². The second-order valence-electron chi connectivity index (χ2n) is 10.2. The topological polar surface area (TPSA) is 40.9 Å². The number of benzene rings is 2. The standard InChI is InChI=1S/C32H30F4N4O/c1-23-5-7-26(20-25(23)9-10-28-21-37-31-4-2-3-12-40(28)31)30(41)19-24-6-8-27(29(18-24)32(34,35)36)22-39-16-14-38(13-11-33)15-17-39/h2-8,12,18,20-21H,11,13-17,19,22H2,1H3. The molecule has 0 aliphatic carbocycles. The molecule has 4 aromatic rings. The normalized spacial score (nSPS) is 14.7. The molecule has 2 aromatic carbocycles. The molecule has 9 heteroatoms. The molecule has 0 amide bonds. The molecule has 0 radical (unpaired) electrons. The number of nitrogens with zero attached hydrogens (tertiary/aromatic N) is 4. The minimum absolute atomic E-state index is 0.152. The van der Waals surface area contributed by atoms with Crippen LogP contribution in [0, 0.1) is 18.8 Å². The number of carbonyl (C=O) groups excluding carboxylic acids is 1. The van der Waals surface area contributed by atoms with Crippen molar-refractivity contribution in [2.24, 2.45) is 0 Å². The summed E-state index contributed by atoms with van der Waals surface area (Å²) >= 11 is 0. The van der Waals surface area contributed by atoms with Crippen LogP contribution in [-0.4, -0.2) is 64.4 Å². The number of hydrogen-bond donors (Lipinski definition) is 0. The lowest BCUT2D eigenvalue weighted by molar-refractivity contribution is -0.138. The molecule has 1 aliphatic rings. The van der Waals surface area contributed by atoms with Crippen molar-refractivity contribution in [3.63, 3.8) is 0 Å². The number of halogens is 4. The largest absolute Gasteiger partial charge is 0.416 e. The van der Waals surface area contributed by atoms with E-state index in [9.17, 15) is 22.4 Å². The van der Waals surface area contributed by atoms with Gasteiger partial charge in [-0.15, -0.1) is 0 Å². The summed E-state index contributed by atoms with van der Waals surface area (Å²) in [5.74, 6) is 5.93. The van der Waals surface area contributed by atoms with Gasteiger partial charge in [-0.25, -0.2) is 9.37 Å². The molecule has 41 heavy (non-hydrogen) atoms. The predicted molar refractivity (Wildman–Crippen MR) is 150 cm³/mol. The number of piperazine rings is 1. The molecular weight excluding hydrogens is 532 g/mol. The molecule has 0 atom stereocenters. The van der Waals surface area contributed by atoms with E-state index >= 15 is 0 Å². The number of fused-ring (bicyclic) bond motifs is 1. The van der Waals surface area contributed by atoms with E-state index in [1.165, 1.54) is 6.07 Å². The molecule has 2 aromatic heterocycles. The van der Waals surface area contributed by atoms with Gasteiger partial charge in [0.25, 0.3) is 0 Å². The lowest BCUT2D eigenvalue weighted by Gasteiger charge is -2.34. The van der Waals surface area contributed by atoms with Gasteiger partial charge < -0.3 is 0 Å². The molecular formula is C32H30F4N4O. The number of rotatable bonds is 7. The van der Waals surface area contributed by atoms with Gasteiger partial charge in [0.15, 0.2) is 5.78 Å². The van der Waals surface area contributed by atoms with Gasteiger partial charge >= 0.3 is 6.18 Å². The van der Waals surface area contributed by atoms with Crippen LogP contribution in [0.25, 0.3) is 5.65 Å². The summed E-state index contributed by atoms with van der Waals surface area (Å²) in [5, 5.41) is 0. The van der Waals surface area contributed by atoms with Gasteiger partial charge in [-0.2, -0.15) is 13.2 Å². The van der Waals surface area contributed by atoms with Gasteiger partial charge in [0, 0.05) is 63.0 Å². The van der Waals surface area contributed by atoms with E-state index in [2.05, 4.69) is 16.8 Å². The van der Waals surface area contributed by atoms with Gasteiger partial charge in [-0.05, 0) is 53.8 Å². The molecule has 0 N–H and O–H groups in total. The van der Waals surface area contributed by atoms with Crippen LogP contribution in [0.2, 0.25) is 0 Å². The maximum absolute atomic E-state index is 14.0. The lowest BCUT2D eigenvalue weighted by atomic mass is 9.96. The molecule has 3 heterocycles. The van der Waals surface area contributed by atoms with Gasteiger partial charge in [-0.1, -0.05) is 36.3 Å². The summed E-state index contributed by atoms with van der Waals surface area (Å²) < 4.78 is 56.5. The van der Waals surface area contributed by atoms with Crippen LogP contribution in [0.15, 0.2) is 67.0 Å². The van der Waals surface area contributed by atoms with Crippen molar-refractivity contribution in [2.75, 3.05) is 39.4 Å². The lowest BCUT2D eigenvalue weighted by Crippen LogP contribution is -2.46. The van der Waals surface area contributed by atoms with Crippen molar-refractivity contribution in [3.05, 3.63) is 106 Å². The van der Waals surface area contributed by atoms with E-state index in [4.69, 9.17) is 0 Å². The highest BCUT2D eigenvalue weighted by Crippen LogP contribution is 2.34. The average molecular weight is 563 g/mol. The van der Waals surface area contributed by atoms with Crippen LogP contribution in [0.5, 0.6) is 0 Å². The Hall–Kier alpha value is -4.00. The van der Waals surface area contributed by atoms with E-state index in [0.29, 0.717) is 55.1 Å². The Bertz CT molecular complexity index is 1610. The summed E-state index contributed by atoms with van der Waals surface area (Å²) in [6.45, 7) is 4.36. The van der Waals surface area contributed by atoms with E-state index in [0.717, 1.165) is 17.3 Å². The Balaban J connectivity index is 1.32. The smallest absolute Gasteiger partial charge is 0.298 e. The average Bonchev–Trinajstić information content (AvgIpc) is 3.37. The summed E-state index contributed by atoms with van der Waals surface area (Å²) in [7, 11) is 0. The van der Waals surface area contributed by atoms with Crippen molar-refractivity contribution in [3.8, 4) is 11.8 Å². The first-order chi connectivity index (χ1) is 19.7. The summed E-state index contributed by atoms with van der Waals surface area (Å²) in [4.78, 5) is 21.4. The Morgan fingerprint density at radius 3 is 2.51 bits per heavy atom. The Kier molecular flexibility index (Phi) is 8.52. The zero-order valence-corrected chi connectivity index (χ0v) is 22.7. The van der Waals surface area contributed by atoms with Crippen LogP contribution in [-0.2, 0) is 19.1 Å². The van der Waals surface area contributed by atoms with Gasteiger partial charge in [0.1, 0.15) is 18.0 Å². The maximum atomic E-state index is 14.0. The second-order valence-corrected chi connectivity index (χ2v) is 10.2. The quantitative estimate of drug-likeness (QED) is 0.168. The molecule has 1 saturated heterocycles. The number of carbonyl (C=O) groups is 1. The predicted octanol–water partition coefficient (Wildman–Crippen LogP) is 5.57. The van der Waals surface area contributed by atoms with Crippen LogP contribution in [0.3, 0.4) is 0 Å². The fraction of sp³-hybridized carbons (Fsp3) is 0.312. The van der Waals surface area contributed by atoms with Gasteiger partial charge in [-0.3, -0.25) is 19.0 Å². The van der Waals surface area contributed by atoms with Crippen molar-refractivity contribution < 1.29 is 22.4 Å². The molecule has 1 aliphatic heterocycles. The van der Waals surface area contributed by atoms with Crippen molar-refractivity contribution in [1.29, 1.82) is 0 Å². The highest BCUT2D eigenvalue weighted by Gasteiger charge is 2.34. The number of ketones is 1. The number of Topliss-reactive ketones (excluding diaryl/α,β-unsaturated/α-hetero) is 1. The van der Waals surface area contributed by atoms with E-state index in [1.807, 2.05) is 45.5 Å². The number of hydrogen-bond acceptors (Lipinski definition) is 4. The number of imidazole rings is 1. The van der Waals surface area contributed by atoms with Crippen LogP contribution < -0.4 is 0 Å². The number of pyridine rings is 1. The van der Waals surface area contributed by atoms with E-state index in [1.54, 1.807) is 30.5 Å². The zero-order valence-electron chi connectivity index (χ0n) is 22.7. The van der Waals surface area contributed by atoms with Crippen molar-refractivity contribution >= 4 is 11.4 Å². The molecule has 5 nitrogen and oxygen atoms in total. The van der Waals surface area contributed by atoms with Crippen molar-refractivity contribution in [1.82, 2.24) is 19.2 Å². The molecule has 212 valence electrons. The second kappa shape index (κ2) is 12.2. The molecule has 1 fully saturated rings. The summed E-state index contributed by atoms with van der Waals surface area (Å²) in [6, 6.07) is 15.0. The highest BCUT2D eigenvalue weighted by atomic mass is 19.4. The first-order valence-corrected chi connectivity index (χ1v) is 13.5. The first-order valence-electron chi connectivity index (χ1n) is 13.5. The van der Waals surface area contributed by atoms with E-state index in [-0.39, 0.29) is 24.3 Å². The minimum atomic E-state index is -4.55. The zero-order chi connectivity index (χ0) is 29.0. The number of aryl methyl sites for hydroxylation is 1. The third-order valence-corrected chi connectivity index (χ3v) is 7.41. The fourth-order valence-electron chi connectivity index (χ4n) is 5.04. The Morgan fingerprint density at radius 2 is 1.76 bits per heavy atom. The highest BCUT2D eigenvalue weighted by molar-refractivity contribution is 5.98. The Labute approximate surface area is 236 Å². The minimum Gasteiger partial charge on any atom is -0.298 e. The van der Waals surface area contributed by atoms with Crippen LogP contribution >= 0.6 is 0 Å². The number of alkyl halides is 4. The molecule has 5 rings (SSSR count). The summed E-state index contributed by atoms with van der Waals surface area (Å²) in [6.07, 6.45) is -1.15. The first kappa shape index (κ1) is 28.5. The third kappa shape index (κ3) is 6.84. The van der Waals surface area contributed by atoms with E-state index < -0.39 is 18.4 Å². The molecule has 0 bridgehead atoms. The third-order valence-electron chi connectivity index (χ3n) is 7.41. The summed E-state index contributed by atoms with van der Waals surface area (Å²) in [5.41, 5.74) is 3.18. The van der Waals surface area contributed by atoms with Crippen LogP contribution in [0.1, 0.15) is 43.9 Å². The maximum Gasteiger partial charge on any atom is 0.416 e. The molecule has 0 unspecified atom stereocenters.